The topological polar surface area (TPSA) is 94.9 Å². The van der Waals surface area contributed by atoms with Crippen molar-refractivity contribution in [2.45, 2.75) is 18.8 Å². The molecule has 0 aromatic carbocycles. The molecule has 86 valence electrons. The van der Waals surface area contributed by atoms with Crippen LogP contribution in [-0.2, 0) is 4.79 Å². The Kier molecular flexibility index (Phi) is 4.62. The molecule has 0 saturated heterocycles. The van der Waals surface area contributed by atoms with Crippen LogP contribution in [0.4, 0.5) is 18.4 Å². The van der Waals surface area contributed by atoms with Crippen molar-refractivity contribution < 1.29 is 33.4 Å². The first kappa shape index (κ1) is 13.3. The number of aldehydes is 1. The van der Waals surface area contributed by atoms with Crippen molar-refractivity contribution in [1.82, 2.24) is 4.90 Å². The number of imide groups is 1. The molecule has 0 aliphatic heterocycles. The number of amides is 2. The van der Waals surface area contributed by atoms with Gasteiger partial charge < -0.3 is 15.0 Å². The number of hydrogen-bond donors (Lipinski definition) is 2. The summed E-state index contributed by atoms with van der Waals surface area (Å²) in [4.78, 5) is 29.9. The second kappa shape index (κ2) is 5.23. The van der Waals surface area contributed by atoms with E-state index in [1.165, 1.54) is 0 Å². The third-order valence-electron chi connectivity index (χ3n) is 1.48. The van der Waals surface area contributed by atoms with Gasteiger partial charge in [0.05, 0.1) is 6.54 Å². The lowest BCUT2D eigenvalue weighted by atomic mass is 10.2. The van der Waals surface area contributed by atoms with Crippen LogP contribution in [0.5, 0.6) is 0 Å². The zero-order chi connectivity index (χ0) is 12.1. The van der Waals surface area contributed by atoms with E-state index < -0.39 is 42.4 Å². The number of rotatable bonds is 5. The summed E-state index contributed by atoms with van der Waals surface area (Å²) in [7, 11) is 0. The molecule has 0 radical (unpaired) electrons. The largest absolute Gasteiger partial charge is 0.465 e. The molecule has 2 amide bonds. The Hall–Kier alpha value is -1.73. The van der Waals surface area contributed by atoms with Crippen molar-refractivity contribution >= 4 is 18.5 Å². The van der Waals surface area contributed by atoms with Gasteiger partial charge in [-0.3, -0.25) is 0 Å². The lowest BCUT2D eigenvalue weighted by Crippen LogP contribution is -2.43. The second-order valence-corrected chi connectivity index (χ2v) is 2.71. The summed E-state index contributed by atoms with van der Waals surface area (Å²) in [6.07, 6.45) is -5.05. The normalized spacial score (nSPS) is 10.8. The van der Waals surface area contributed by atoms with Gasteiger partial charge in [0.25, 0.3) is 5.92 Å². The third kappa shape index (κ3) is 4.89. The van der Waals surface area contributed by atoms with Crippen LogP contribution in [0.15, 0.2) is 0 Å². The number of carbonyl (C=O) groups excluding carboxylic acids is 1. The van der Waals surface area contributed by atoms with Gasteiger partial charge in [0.1, 0.15) is 6.29 Å². The molecule has 0 spiro atoms. The second-order valence-electron chi connectivity index (χ2n) is 2.71. The van der Waals surface area contributed by atoms with E-state index in [-0.39, 0.29) is 6.29 Å². The molecule has 0 bridgehead atoms. The van der Waals surface area contributed by atoms with Crippen LogP contribution in [0.1, 0.15) is 12.8 Å². The summed E-state index contributed by atoms with van der Waals surface area (Å²) in [6, 6.07) is 0. The van der Waals surface area contributed by atoms with Gasteiger partial charge in [-0.25, -0.2) is 23.3 Å². The van der Waals surface area contributed by atoms with Crippen LogP contribution in [0, 0.1) is 0 Å². The van der Waals surface area contributed by atoms with Gasteiger partial charge in [-0.05, 0) is 0 Å². The van der Waals surface area contributed by atoms with Gasteiger partial charge in [0.15, 0.2) is 0 Å². The Morgan fingerprint density at radius 3 is 2.07 bits per heavy atom. The molecule has 15 heavy (non-hydrogen) atoms. The van der Waals surface area contributed by atoms with Crippen LogP contribution < -0.4 is 0 Å². The predicted octanol–water partition coefficient (Wildman–Crippen LogP) is 1.26. The lowest BCUT2D eigenvalue weighted by Gasteiger charge is -2.20. The van der Waals surface area contributed by atoms with E-state index in [1.807, 2.05) is 0 Å². The van der Waals surface area contributed by atoms with Gasteiger partial charge in [-0.15, -0.1) is 0 Å². The van der Waals surface area contributed by atoms with Gasteiger partial charge in [0.2, 0.25) is 0 Å². The number of alkyl halides is 2. The fourth-order valence-corrected chi connectivity index (χ4v) is 0.798. The molecule has 6 nitrogen and oxygen atoms in total. The van der Waals surface area contributed by atoms with Crippen LogP contribution in [0.3, 0.4) is 0 Å². The average molecular weight is 225 g/mol. The molecule has 0 atom stereocenters. The van der Waals surface area contributed by atoms with E-state index in [4.69, 9.17) is 10.2 Å². The average Bonchev–Trinajstić information content (AvgIpc) is 2.10. The number of carbonyl (C=O) groups is 3. The molecule has 2 N–H and O–H groups in total. The van der Waals surface area contributed by atoms with Crippen molar-refractivity contribution in [3.8, 4) is 0 Å². The van der Waals surface area contributed by atoms with Gasteiger partial charge in [-0.2, -0.15) is 0 Å². The summed E-state index contributed by atoms with van der Waals surface area (Å²) in [5.74, 6) is -3.53. The van der Waals surface area contributed by atoms with Gasteiger partial charge in [-0.1, -0.05) is 0 Å². The fraction of sp³-hybridized carbons (Fsp3) is 0.571. The molecular weight excluding hydrogens is 216 g/mol. The van der Waals surface area contributed by atoms with Crippen molar-refractivity contribution in [3.05, 3.63) is 0 Å². The van der Waals surface area contributed by atoms with Crippen LogP contribution >= 0.6 is 0 Å². The lowest BCUT2D eigenvalue weighted by molar-refractivity contribution is -0.110. The van der Waals surface area contributed by atoms with E-state index in [9.17, 15) is 23.2 Å². The monoisotopic (exact) mass is 225 g/mol. The van der Waals surface area contributed by atoms with Gasteiger partial charge in [0, 0.05) is 12.8 Å². The Labute approximate surface area is 83.1 Å². The van der Waals surface area contributed by atoms with Crippen LogP contribution in [-0.4, -0.2) is 46.1 Å². The molecule has 0 saturated carbocycles. The molecule has 0 aromatic rings. The first-order valence-corrected chi connectivity index (χ1v) is 3.85. The highest BCUT2D eigenvalue weighted by Gasteiger charge is 2.36. The number of hydrogen-bond acceptors (Lipinski definition) is 3. The Balaban J connectivity index is 4.44. The number of nitrogens with zero attached hydrogens (tertiary/aromatic N) is 1. The van der Waals surface area contributed by atoms with Crippen molar-refractivity contribution in [1.29, 1.82) is 0 Å². The van der Waals surface area contributed by atoms with Crippen molar-refractivity contribution in [3.63, 3.8) is 0 Å². The highest BCUT2D eigenvalue weighted by molar-refractivity contribution is 5.85. The maximum absolute atomic E-state index is 12.9. The quantitative estimate of drug-likeness (QED) is 0.686. The maximum atomic E-state index is 12.9. The van der Waals surface area contributed by atoms with E-state index in [0.29, 0.717) is 0 Å². The summed E-state index contributed by atoms with van der Waals surface area (Å²) in [5, 5.41) is 16.5. The minimum Gasteiger partial charge on any atom is -0.465 e. The fourth-order valence-electron chi connectivity index (χ4n) is 0.798. The molecule has 0 aromatic heterocycles. The van der Waals surface area contributed by atoms with E-state index in [1.54, 1.807) is 0 Å². The standard InChI is InChI=1S/C7H9F2NO5/c8-7(9,2-1-3-11)4-10(5(12)13)6(14)15/h3H,1-2,4H2,(H,12,13)(H,14,15). The summed E-state index contributed by atoms with van der Waals surface area (Å²) in [5.41, 5.74) is 0. The molecule has 0 aliphatic rings. The Bertz CT molecular complexity index is 254. The molecule has 8 heteroatoms. The van der Waals surface area contributed by atoms with Gasteiger partial charge >= 0.3 is 12.2 Å². The summed E-state index contributed by atoms with van der Waals surface area (Å²) in [6.45, 7) is -1.47. The Morgan fingerprint density at radius 1 is 1.27 bits per heavy atom. The molecular formula is C7H9F2NO5. The third-order valence-corrected chi connectivity index (χ3v) is 1.48. The van der Waals surface area contributed by atoms with Crippen molar-refractivity contribution in [2.24, 2.45) is 0 Å². The zero-order valence-corrected chi connectivity index (χ0v) is 7.52. The zero-order valence-electron chi connectivity index (χ0n) is 7.52. The molecule has 0 unspecified atom stereocenters. The molecule has 0 aliphatic carbocycles. The highest BCUT2D eigenvalue weighted by atomic mass is 19.3. The number of halogens is 2. The molecule has 0 rings (SSSR count). The van der Waals surface area contributed by atoms with E-state index >= 15 is 0 Å². The Morgan fingerprint density at radius 2 is 1.73 bits per heavy atom. The minimum atomic E-state index is -3.53. The van der Waals surface area contributed by atoms with Crippen LogP contribution in [0.2, 0.25) is 0 Å². The predicted molar refractivity (Wildman–Crippen MR) is 43.0 cm³/mol. The smallest absolute Gasteiger partial charge is 0.417 e. The van der Waals surface area contributed by atoms with E-state index in [0.717, 1.165) is 0 Å². The first-order valence-electron chi connectivity index (χ1n) is 3.85. The summed E-state index contributed by atoms with van der Waals surface area (Å²) < 4.78 is 25.7. The van der Waals surface area contributed by atoms with E-state index in [2.05, 4.69) is 0 Å². The summed E-state index contributed by atoms with van der Waals surface area (Å²) >= 11 is 0. The minimum absolute atomic E-state index is 0.250. The highest BCUT2D eigenvalue weighted by Crippen LogP contribution is 2.21. The first-order chi connectivity index (χ1) is 6.80. The number of carboxylic acid groups (broad SMARTS) is 2. The molecule has 0 fully saturated rings. The maximum Gasteiger partial charge on any atom is 0.417 e. The van der Waals surface area contributed by atoms with Crippen LogP contribution in [0.25, 0.3) is 0 Å². The van der Waals surface area contributed by atoms with Crippen molar-refractivity contribution in [2.75, 3.05) is 6.54 Å². The molecule has 0 heterocycles. The SMILES string of the molecule is O=CCCC(F)(F)CN(C(=O)O)C(=O)O.